The fraction of sp³-hybridized carbons (Fsp3) is 0.423. The van der Waals surface area contributed by atoms with E-state index >= 15 is 0 Å². The molecule has 1 saturated heterocycles. The van der Waals surface area contributed by atoms with Gasteiger partial charge in [-0.25, -0.2) is 4.98 Å². The van der Waals surface area contributed by atoms with Gasteiger partial charge >= 0.3 is 0 Å². The van der Waals surface area contributed by atoms with Crippen LogP contribution >= 0.6 is 0 Å². The number of benzene rings is 2. The van der Waals surface area contributed by atoms with Crippen LogP contribution in [0.5, 0.6) is 11.5 Å². The third-order valence-electron chi connectivity index (χ3n) is 6.24. The van der Waals surface area contributed by atoms with Gasteiger partial charge in [-0.3, -0.25) is 9.59 Å². The van der Waals surface area contributed by atoms with Gasteiger partial charge in [0.2, 0.25) is 5.91 Å². The standard InChI is InChI=1S/C26H32N4O4/c1-4-30-21-11-7-6-10-20(21)28-24(26(30)32)29-14-8-9-19(17-29)25(31)27-16-18-12-13-22(33-3)23(15-18)34-5-2/h6-7,10-13,15,19H,4-5,8-9,14,16-17H2,1-3H3,(H,27,31)/t19-/m0/s1. The lowest BCUT2D eigenvalue weighted by Crippen LogP contribution is -2.45. The first-order chi connectivity index (χ1) is 16.5. The molecule has 0 aliphatic carbocycles. The maximum absolute atomic E-state index is 13.2. The SMILES string of the molecule is CCOc1cc(CNC(=O)[C@H]2CCCN(c3nc4ccccc4n(CC)c3=O)C2)ccc1OC. The second-order valence-electron chi connectivity index (χ2n) is 8.39. The number of anilines is 1. The number of aromatic nitrogens is 2. The van der Waals surface area contributed by atoms with Crippen LogP contribution in [0.4, 0.5) is 5.82 Å². The molecule has 1 atom stereocenters. The number of carbonyl (C=O) groups excluding carboxylic acids is 1. The maximum atomic E-state index is 13.2. The summed E-state index contributed by atoms with van der Waals surface area (Å²) in [7, 11) is 1.60. The Balaban J connectivity index is 1.47. The summed E-state index contributed by atoms with van der Waals surface area (Å²) in [5.74, 6) is 1.53. The number of para-hydroxylation sites is 2. The van der Waals surface area contributed by atoms with E-state index in [1.165, 1.54) is 0 Å². The lowest BCUT2D eigenvalue weighted by atomic mass is 9.97. The van der Waals surface area contributed by atoms with Crippen LogP contribution in [0.15, 0.2) is 47.3 Å². The van der Waals surface area contributed by atoms with E-state index in [2.05, 4.69) is 10.3 Å². The van der Waals surface area contributed by atoms with Crippen molar-refractivity contribution >= 4 is 22.8 Å². The van der Waals surface area contributed by atoms with Gasteiger partial charge in [0.1, 0.15) is 0 Å². The number of fused-ring (bicyclic) bond motifs is 1. The number of ether oxygens (including phenoxy) is 2. The minimum absolute atomic E-state index is 0.0184. The van der Waals surface area contributed by atoms with Crippen LogP contribution in [0.25, 0.3) is 11.0 Å². The van der Waals surface area contributed by atoms with Crippen LogP contribution < -0.4 is 25.2 Å². The largest absolute Gasteiger partial charge is 0.493 e. The summed E-state index contributed by atoms with van der Waals surface area (Å²) in [5, 5.41) is 3.05. The first-order valence-corrected chi connectivity index (χ1v) is 11.9. The average Bonchev–Trinajstić information content (AvgIpc) is 2.87. The van der Waals surface area contributed by atoms with Crippen molar-refractivity contribution in [3.8, 4) is 11.5 Å². The molecule has 1 aliphatic rings. The summed E-state index contributed by atoms with van der Waals surface area (Å²) in [6.45, 7) is 6.57. The van der Waals surface area contributed by atoms with Gasteiger partial charge in [-0.15, -0.1) is 0 Å². The number of methoxy groups -OCH3 is 1. The molecule has 8 heteroatoms. The number of piperidine rings is 1. The smallest absolute Gasteiger partial charge is 0.293 e. The topological polar surface area (TPSA) is 85.7 Å². The molecule has 1 amide bonds. The van der Waals surface area contributed by atoms with Crippen molar-refractivity contribution < 1.29 is 14.3 Å². The molecule has 1 aliphatic heterocycles. The van der Waals surface area contributed by atoms with Crippen LogP contribution in [0.2, 0.25) is 0 Å². The number of rotatable bonds is 8. The summed E-state index contributed by atoms with van der Waals surface area (Å²) in [6, 6.07) is 13.3. The molecule has 34 heavy (non-hydrogen) atoms. The summed E-state index contributed by atoms with van der Waals surface area (Å²) in [4.78, 5) is 32.8. The second-order valence-corrected chi connectivity index (χ2v) is 8.39. The Morgan fingerprint density at radius 2 is 2.00 bits per heavy atom. The van der Waals surface area contributed by atoms with Crippen molar-refractivity contribution in [1.29, 1.82) is 0 Å². The Kier molecular flexibility index (Phi) is 7.35. The molecule has 2 aromatic carbocycles. The van der Waals surface area contributed by atoms with E-state index in [9.17, 15) is 9.59 Å². The summed E-state index contributed by atoms with van der Waals surface area (Å²) < 4.78 is 12.7. The van der Waals surface area contributed by atoms with E-state index in [1.807, 2.05) is 61.2 Å². The Labute approximate surface area is 199 Å². The van der Waals surface area contributed by atoms with Gasteiger partial charge in [-0.05, 0) is 56.5 Å². The third-order valence-corrected chi connectivity index (χ3v) is 6.24. The monoisotopic (exact) mass is 464 g/mol. The van der Waals surface area contributed by atoms with Crippen molar-refractivity contribution in [3.63, 3.8) is 0 Å². The number of carbonyl (C=O) groups is 1. The molecule has 0 spiro atoms. The van der Waals surface area contributed by atoms with Crippen molar-refractivity contribution in [2.45, 2.75) is 39.8 Å². The third kappa shape index (κ3) is 4.85. The highest BCUT2D eigenvalue weighted by Crippen LogP contribution is 2.28. The fourth-order valence-electron chi connectivity index (χ4n) is 4.52. The Morgan fingerprint density at radius 1 is 1.18 bits per heavy atom. The molecule has 2 heterocycles. The van der Waals surface area contributed by atoms with Crippen molar-refractivity contribution in [3.05, 3.63) is 58.4 Å². The molecule has 0 bridgehead atoms. The Bertz CT molecular complexity index is 1220. The molecule has 1 fully saturated rings. The van der Waals surface area contributed by atoms with E-state index in [-0.39, 0.29) is 17.4 Å². The summed E-state index contributed by atoms with van der Waals surface area (Å²) in [6.07, 6.45) is 1.61. The quantitative estimate of drug-likeness (QED) is 0.550. The molecule has 0 radical (unpaired) electrons. The molecule has 4 rings (SSSR count). The van der Waals surface area contributed by atoms with E-state index in [1.54, 1.807) is 11.7 Å². The van der Waals surface area contributed by atoms with Crippen LogP contribution in [0, 0.1) is 5.92 Å². The van der Waals surface area contributed by atoms with Crippen LogP contribution in [0.3, 0.4) is 0 Å². The summed E-state index contributed by atoms with van der Waals surface area (Å²) in [5.41, 5.74) is 2.45. The highest BCUT2D eigenvalue weighted by atomic mass is 16.5. The molecule has 1 aromatic heterocycles. The van der Waals surface area contributed by atoms with Crippen molar-refractivity contribution in [2.75, 3.05) is 31.7 Å². The zero-order chi connectivity index (χ0) is 24.1. The van der Waals surface area contributed by atoms with Gasteiger partial charge in [0.15, 0.2) is 17.3 Å². The number of nitrogens with zero attached hydrogens (tertiary/aromatic N) is 3. The Hall–Kier alpha value is -3.55. The average molecular weight is 465 g/mol. The molecule has 1 N–H and O–H groups in total. The van der Waals surface area contributed by atoms with E-state index in [0.717, 1.165) is 29.4 Å². The molecular weight excluding hydrogens is 432 g/mol. The lowest BCUT2D eigenvalue weighted by molar-refractivity contribution is -0.125. The van der Waals surface area contributed by atoms with Crippen molar-refractivity contribution in [1.82, 2.24) is 14.9 Å². The zero-order valence-electron chi connectivity index (χ0n) is 20.0. The van der Waals surface area contributed by atoms with E-state index in [4.69, 9.17) is 9.47 Å². The molecule has 3 aromatic rings. The number of hydrogen-bond donors (Lipinski definition) is 1. The first-order valence-electron chi connectivity index (χ1n) is 11.9. The minimum atomic E-state index is -0.207. The van der Waals surface area contributed by atoms with E-state index in [0.29, 0.717) is 50.1 Å². The molecule has 0 unspecified atom stereocenters. The van der Waals surface area contributed by atoms with Crippen LogP contribution in [-0.4, -0.2) is 42.3 Å². The fourth-order valence-corrected chi connectivity index (χ4v) is 4.52. The lowest BCUT2D eigenvalue weighted by Gasteiger charge is -2.32. The van der Waals surface area contributed by atoms with Gasteiger partial charge in [-0.2, -0.15) is 0 Å². The number of hydrogen-bond acceptors (Lipinski definition) is 6. The predicted octanol–water partition coefficient (Wildman–Crippen LogP) is 3.36. The minimum Gasteiger partial charge on any atom is -0.493 e. The van der Waals surface area contributed by atoms with Gasteiger partial charge < -0.3 is 24.3 Å². The van der Waals surface area contributed by atoms with Crippen molar-refractivity contribution in [2.24, 2.45) is 5.92 Å². The normalized spacial score (nSPS) is 15.9. The van der Waals surface area contributed by atoms with Crippen LogP contribution in [0.1, 0.15) is 32.3 Å². The maximum Gasteiger partial charge on any atom is 0.293 e. The molecule has 180 valence electrons. The van der Waals surface area contributed by atoms with Gasteiger partial charge in [0.25, 0.3) is 5.56 Å². The number of amides is 1. The predicted molar refractivity (Wildman–Crippen MR) is 133 cm³/mol. The Morgan fingerprint density at radius 3 is 2.76 bits per heavy atom. The molecule has 8 nitrogen and oxygen atoms in total. The number of aryl methyl sites for hydroxylation is 1. The van der Waals surface area contributed by atoms with E-state index < -0.39 is 0 Å². The highest BCUT2D eigenvalue weighted by Gasteiger charge is 2.28. The van der Waals surface area contributed by atoms with Gasteiger partial charge in [0.05, 0.1) is 30.7 Å². The number of nitrogens with one attached hydrogen (secondary N) is 1. The van der Waals surface area contributed by atoms with Crippen LogP contribution in [-0.2, 0) is 17.9 Å². The molecule has 0 saturated carbocycles. The summed E-state index contributed by atoms with van der Waals surface area (Å²) >= 11 is 0. The molecular formula is C26H32N4O4. The first kappa shape index (κ1) is 23.6. The highest BCUT2D eigenvalue weighted by molar-refractivity contribution is 5.80. The van der Waals surface area contributed by atoms with Gasteiger partial charge in [-0.1, -0.05) is 18.2 Å². The van der Waals surface area contributed by atoms with Gasteiger partial charge in [0, 0.05) is 26.2 Å². The zero-order valence-corrected chi connectivity index (χ0v) is 20.0. The second kappa shape index (κ2) is 10.6.